The zero-order chi connectivity index (χ0) is 23.2. The van der Waals surface area contributed by atoms with Gasteiger partial charge in [-0.05, 0) is 18.2 Å². The maximum atomic E-state index is 10.4. The van der Waals surface area contributed by atoms with Gasteiger partial charge in [-0.15, -0.1) is 0 Å². The van der Waals surface area contributed by atoms with Crippen molar-refractivity contribution in [2.45, 2.75) is 43.0 Å². The van der Waals surface area contributed by atoms with Crippen molar-refractivity contribution in [3.63, 3.8) is 0 Å². The van der Waals surface area contributed by atoms with Crippen LogP contribution in [0.2, 0.25) is 0 Å². The highest BCUT2D eigenvalue weighted by Gasteiger charge is 2.44. The Hall–Kier alpha value is -3.02. The van der Waals surface area contributed by atoms with Gasteiger partial charge in [0.2, 0.25) is 6.10 Å². The zero-order valence-corrected chi connectivity index (χ0v) is 16.8. The third-order valence-electron chi connectivity index (χ3n) is 5.79. The van der Waals surface area contributed by atoms with Crippen LogP contribution in [0.3, 0.4) is 0 Å². The van der Waals surface area contributed by atoms with E-state index in [-0.39, 0.29) is 29.4 Å². The predicted molar refractivity (Wildman–Crippen MR) is 111 cm³/mol. The normalized spacial score (nSPS) is 32.4. The molecule has 1 aromatic carbocycles. The zero-order valence-electron chi connectivity index (χ0n) is 16.8. The minimum Gasteiger partial charge on any atom is -0.574 e. The van der Waals surface area contributed by atoms with Crippen LogP contribution in [-0.2, 0) is 4.74 Å². The molecule has 2 aliphatic heterocycles. The molecule has 10 nitrogen and oxygen atoms in total. The quantitative estimate of drug-likeness (QED) is 0.227. The van der Waals surface area contributed by atoms with Gasteiger partial charge in [0.15, 0.2) is 11.5 Å². The number of aliphatic hydroxyl groups excluding tert-OH is 6. The van der Waals surface area contributed by atoms with Crippen molar-refractivity contribution in [3.8, 4) is 11.5 Å². The van der Waals surface area contributed by atoms with E-state index >= 15 is 0 Å². The minimum atomic E-state index is -1.54. The maximum Gasteiger partial charge on any atom is 0.266 e. The number of ether oxygens (including phenoxy) is 2. The van der Waals surface area contributed by atoms with Crippen molar-refractivity contribution in [3.05, 3.63) is 64.7 Å². The highest BCUT2D eigenvalue weighted by molar-refractivity contribution is 5.70. The molecule has 2 heterocycles. The first-order valence-corrected chi connectivity index (χ1v) is 10.00. The van der Waals surface area contributed by atoms with Crippen molar-refractivity contribution < 1.29 is 50.3 Å². The van der Waals surface area contributed by atoms with E-state index in [2.05, 4.69) is 4.74 Å². The maximum absolute atomic E-state index is 10.4. The van der Waals surface area contributed by atoms with E-state index in [1.165, 1.54) is 30.4 Å². The molecule has 1 saturated heterocycles. The molecule has 0 saturated carbocycles. The summed E-state index contributed by atoms with van der Waals surface area (Å²) in [5.74, 6) is -0.731. The Bertz CT molecular complexity index is 1020. The fourth-order valence-corrected chi connectivity index (χ4v) is 4.07. The van der Waals surface area contributed by atoms with Crippen molar-refractivity contribution in [1.82, 2.24) is 0 Å². The summed E-state index contributed by atoms with van der Waals surface area (Å²) >= 11 is 0. The van der Waals surface area contributed by atoms with Gasteiger partial charge in [0.1, 0.15) is 35.9 Å². The fraction of sp³-hybridized carbons (Fsp3) is 0.364. The Morgan fingerprint density at radius 2 is 1.59 bits per heavy atom. The number of rotatable bonds is 4. The second-order valence-electron chi connectivity index (χ2n) is 7.94. The van der Waals surface area contributed by atoms with E-state index in [1.807, 2.05) is 0 Å². The van der Waals surface area contributed by atoms with Crippen molar-refractivity contribution in [1.29, 1.82) is 0 Å². The standard InChI is InChI=1S/C22H24O10/c23-8-18-20(29)21(30)19(28)17(31-18)5-10-3-12-14(26)6-11(24)7-16(12)32-22(10)9-1-2-13(25)15(27)4-9/h1-4,6-7,16-21,23-30H,5,8H2/p+1. The van der Waals surface area contributed by atoms with Crippen LogP contribution in [0.4, 0.5) is 0 Å². The molecule has 1 aromatic rings. The molecule has 172 valence electrons. The van der Waals surface area contributed by atoms with Crippen LogP contribution in [0.5, 0.6) is 11.5 Å². The molecule has 6 unspecified atom stereocenters. The summed E-state index contributed by atoms with van der Waals surface area (Å²) in [5.41, 5.74) is 1.26. The molecule has 0 radical (unpaired) electrons. The van der Waals surface area contributed by atoms with Gasteiger partial charge in [-0.3, -0.25) is 0 Å². The Labute approximate surface area is 182 Å². The lowest BCUT2D eigenvalue weighted by Gasteiger charge is -2.40. The van der Waals surface area contributed by atoms with E-state index in [1.54, 1.807) is 6.08 Å². The molecule has 0 spiro atoms. The van der Waals surface area contributed by atoms with E-state index in [9.17, 15) is 40.9 Å². The summed E-state index contributed by atoms with van der Waals surface area (Å²) in [7, 11) is 0. The monoisotopic (exact) mass is 449 g/mol. The molecule has 6 atom stereocenters. The number of hydrogen-bond acceptors (Lipinski definition) is 9. The van der Waals surface area contributed by atoms with Gasteiger partial charge in [-0.25, -0.2) is 0 Å². The highest BCUT2D eigenvalue weighted by atomic mass is 16.5. The average molecular weight is 449 g/mol. The number of fused-ring (bicyclic) bond motifs is 1. The van der Waals surface area contributed by atoms with E-state index in [0.29, 0.717) is 22.5 Å². The minimum absolute atomic E-state index is 0.0267. The summed E-state index contributed by atoms with van der Waals surface area (Å²) in [6, 6.07) is 4.09. The van der Waals surface area contributed by atoms with Crippen molar-refractivity contribution >= 4 is 5.76 Å². The van der Waals surface area contributed by atoms with Crippen LogP contribution in [0, 0.1) is 0 Å². The van der Waals surface area contributed by atoms with Crippen molar-refractivity contribution in [2.24, 2.45) is 0 Å². The molecule has 32 heavy (non-hydrogen) atoms. The lowest BCUT2D eigenvalue weighted by Crippen LogP contribution is -2.58. The summed E-state index contributed by atoms with van der Waals surface area (Å²) in [6.45, 7) is -0.569. The van der Waals surface area contributed by atoms with Crippen LogP contribution in [0.1, 0.15) is 12.0 Å². The van der Waals surface area contributed by atoms with Gasteiger partial charge in [0.05, 0.1) is 35.5 Å². The molecule has 0 aromatic heterocycles. The molecule has 10 heteroatoms. The van der Waals surface area contributed by atoms with E-state index in [0.717, 1.165) is 0 Å². The third-order valence-corrected chi connectivity index (χ3v) is 5.79. The largest absolute Gasteiger partial charge is 0.574 e. The number of aromatic hydroxyl groups is 2. The number of hydrogen-bond donors (Lipinski definition) is 8. The van der Waals surface area contributed by atoms with Crippen molar-refractivity contribution in [2.75, 3.05) is 6.61 Å². The molecule has 9 N–H and O–H groups in total. The number of aliphatic hydroxyl groups is 8. The fourth-order valence-electron chi connectivity index (χ4n) is 4.07. The summed E-state index contributed by atoms with van der Waals surface area (Å²) in [4.78, 5) is 0. The van der Waals surface area contributed by atoms with Crippen LogP contribution in [0.25, 0.3) is 5.76 Å². The molecule has 0 bridgehead atoms. The molecular formula is C22H25O10+. The van der Waals surface area contributed by atoms with Gasteiger partial charge >= 0.3 is 0 Å². The molecule has 0 amide bonds. The van der Waals surface area contributed by atoms with Crippen LogP contribution in [-0.4, -0.2) is 88.8 Å². The molecule has 4 rings (SSSR count). The second-order valence-corrected chi connectivity index (χ2v) is 7.94. The Balaban J connectivity index is 1.76. The average Bonchev–Trinajstić information content (AvgIpc) is 2.76. The summed E-state index contributed by atoms with van der Waals surface area (Å²) in [6.07, 6.45) is -3.16. The van der Waals surface area contributed by atoms with Crippen LogP contribution < -0.4 is 0 Å². The lowest BCUT2D eigenvalue weighted by molar-refractivity contribution is -0.228. The summed E-state index contributed by atoms with van der Waals surface area (Å²) in [5, 5.41) is 79.8. The molecule has 1 aliphatic carbocycles. The van der Waals surface area contributed by atoms with E-state index < -0.39 is 43.2 Å². The Kier molecular flexibility index (Phi) is 5.89. The topological polar surface area (TPSA) is 184 Å². The lowest BCUT2D eigenvalue weighted by atomic mass is 9.87. The van der Waals surface area contributed by atoms with Gasteiger partial charge in [0.25, 0.3) is 5.76 Å². The Morgan fingerprint density at radius 1 is 0.875 bits per heavy atom. The predicted octanol–water partition coefficient (Wildman–Crippen LogP) is -0.225. The second kappa shape index (κ2) is 8.49. The first-order valence-electron chi connectivity index (χ1n) is 10.00. The summed E-state index contributed by atoms with van der Waals surface area (Å²) < 4.78 is 10.2. The van der Waals surface area contributed by atoms with Crippen LogP contribution >= 0.6 is 0 Å². The van der Waals surface area contributed by atoms with Gasteiger partial charge in [-0.1, -0.05) is 0 Å². The SMILES string of the molecule is OCC1OC(CC2=C(c3ccc(O)c(O)c3)[OH+]C3C=C(O)C=C(O)C3=C2)C(O)C(O)C1O. The van der Waals surface area contributed by atoms with Crippen LogP contribution in [0.15, 0.2) is 59.1 Å². The first kappa shape index (κ1) is 22.2. The third kappa shape index (κ3) is 3.94. The Morgan fingerprint density at radius 3 is 2.28 bits per heavy atom. The number of phenolic OH excluding ortho intramolecular Hbond substituents is 2. The van der Waals surface area contributed by atoms with Gasteiger partial charge in [-0.2, -0.15) is 0 Å². The smallest absolute Gasteiger partial charge is 0.266 e. The highest BCUT2D eigenvalue weighted by Crippen LogP contribution is 2.39. The molecule has 3 aliphatic rings. The molecular weight excluding hydrogens is 424 g/mol. The first-order chi connectivity index (χ1) is 15.2. The molecule has 1 fully saturated rings. The van der Waals surface area contributed by atoms with Gasteiger partial charge < -0.3 is 50.3 Å². The number of allylic oxidation sites excluding steroid dienone is 2. The number of benzene rings is 1. The van der Waals surface area contributed by atoms with Gasteiger partial charge in [0, 0.05) is 18.6 Å². The number of phenols is 2. The van der Waals surface area contributed by atoms with E-state index in [4.69, 9.17) is 4.74 Å².